The highest BCUT2D eigenvalue weighted by Crippen LogP contribution is 2.27. The van der Waals surface area contributed by atoms with Crippen LogP contribution in [0, 0.1) is 10.1 Å². The van der Waals surface area contributed by atoms with E-state index in [4.69, 9.17) is 5.73 Å². The average molecular weight is 300 g/mol. The van der Waals surface area contributed by atoms with Crippen LogP contribution in [0.4, 0.5) is 11.4 Å². The maximum absolute atomic E-state index is 11.3. The Bertz CT molecular complexity index is 474. The Balaban J connectivity index is 2.81. The van der Waals surface area contributed by atoms with Crippen LogP contribution in [0.3, 0.4) is 0 Å². The quantitative estimate of drug-likeness (QED) is 0.503. The Morgan fingerprint density at radius 1 is 1.59 bits per heavy atom. The molecule has 17 heavy (non-hydrogen) atoms. The molecule has 1 amide bonds. The number of amides is 1. The average Bonchev–Trinajstić information content (AvgIpc) is 2.26. The lowest BCUT2D eigenvalue weighted by Gasteiger charge is -2.02. The van der Waals surface area contributed by atoms with E-state index in [1.165, 1.54) is 30.4 Å². The number of nitrogens with two attached hydrogens (primary N) is 1. The molecule has 0 fully saturated rings. The number of nitrogens with zero attached hydrogens (tertiary/aromatic N) is 1. The fourth-order valence-corrected chi connectivity index (χ4v) is 1.62. The van der Waals surface area contributed by atoms with Gasteiger partial charge in [-0.2, -0.15) is 0 Å². The van der Waals surface area contributed by atoms with Gasteiger partial charge in [0.25, 0.3) is 5.69 Å². The van der Waals surface area contributed by atoms with Gasteiger partial charge in [0.1, 0.15) is 0 Å². The number of anilines is 1. The number of rotatable bonds is 4. The van der Waals surface area contributed by atoms with Gasteiger partial charge >= 0.3 is 0 Å². The van der Waals surface area contributed by atoms with Gasteiger partial charge in [-0.1, -0.05) is 6.08 Å². The largest absolute Gasteiger partial charge is 0.327 e. The highest BCUT2D eigenvalue weighted by atomic mass is 79.9. The van der Waals surface area contributed by atoms with Gasteiger partial charge in [0.15, 0.2) is 0 Å². The zero-order chi connectivity index (χ0) is 12.8. The van der Waals surface area contributed by atoms with Crippen molar-refractivity contribution in [2.45, 2.75) is 0 Å². The molecule has 90 valence electrons. The second-order valence-corrected chi connectivity index (χ2v) is 3.90. The van der Waals surface area contributed by atoms with E-state index in [0.717, 1.165) is 0 Å². The second-order valence-electron chi connectivity index (χ2n) is 3.05. The van der Waals surface area contributed by atoms with Gasteiger partial charge < -0.3 is 11.1 Å². The lowest BCUT2D eigenvalue weighted by molar-refractivity contribution is -0.385. The van der Waals surface area contributed by atoms with Crippen molar-refractivity contribution in [1.82, 2.24) is 0 Å². The molecule has 0 aliphatic heterocycles. The van der Waals surface area contributed by atoms with Crippen LogP contribution in [-0.2, 0) is 4.79 Å². The predicted molar refractivity (Wildman–Crippen MR) is 67.6 cm³/mol. The van der Waals surface area contributed by atoms with Crippen LogP contribution < -0.4 is 11.1 Å². The first-order chi connectivity index (χ1) is 8.04. The van der Waals surface area contributed by atoms with E-state index in [9.17, 15) is 14.9 Å². The van der Waals surface area contributed by atoms with E-state index in [0.29, 0.717) is 10.2 Å². The van der Waals surface area contributed by atoms with Crippen molar-refractivity contribution in [2.24, 2.45) is 5.73 Å². The first-order valence-corrected chi connectivity index (χ1v) is 5.45. The second kappa shape index (κ2) is 6.12. The van der Waals surface area contributed by atoms with E-state index >= 15 is 0 Å². The van der Waals surface area contributed by atoms with E-state index in [1.54, 1.807) is 0 Å². The number of nitro groups is 1. The molecule has 6 nitrogen and oxygen atoms in total. The van der Waals surface area contributed by atoms with Gasteiger partial charge in [-0.15, -0.1) is 0 Å². The zero-order valence-corrected chi connectivity index (χ0v) is 10.3. The summed E-state index contributed by atoms with van der Waals surface area (Å²) in [7, 11) is 0. The Labute approximate surface area is 106 Å². The highest BCUT2D eigenvalue weighted by molar-refractivity contribution is 9.10. The van der Waals surface area contributed by atoms with Crippen LogP contribution in [0.15, 0.2) is 34.8 Å². The van der Waals surface area contributed by atoms with Crippen LogP contribution in [0.5, 0.6) is 0 Å². The molecule has 7 heteroatoms. The standard InChI is InChI=1S/C10H10BrN3O3/c11-8-6-7(3-4-9(8)14(16)17)13-10(15)2-1-5-12/h1-4,6H,5,12H2,(H,13,15)/b2-1+. The summed E-state index contributed by atoms with van der Waals surface area (Å²) < 4.78 is 0.308. The predicted octanol–water partition coefficient (Wildman–Crippen LogP) is 1.81. The van der Waals surface area contributed by atoms with E-state index in [2.05, 4.69) is 21.2 Å². The monoisotopic (exact) mass is 299 g/mol. The van der Waals surface area contributed by atoms with Gasteiger partial charge in [-0.05, 0) is 28.1 Å². The van der Waals surface area contributed by atoms with Crippen LogP contribution in [0.2, 0.25) is 0 Å². The fraction of sp³-hybridized carbons (Fsp3) is 0.100. The molecule has 0 radical (unpaired) electrons. The number of nitro benzene ring substituents is 1. The molecule has 0 atom stereocenters. The molecule has 0 unspecified atom stereocenters. The summed E-state index contributed by atoms with van der Waals surface area (Å²) in [6.07, 6.45) is 2.81. The normalized spacial score (nSPS) is 10.5. The Morgan fingerprint density at radius 3 is 2.82 bits per heavy atom. The lowest BCUT2D eigenvalue weighted by atomic mass is 10.3. The summed E-state index contributed by atoms with van der Waals surface area (Å²) >= 11 is 3.06. The van der Waals surface area contributed by atoms with Crippen molar-refractivity contribution in [3.05, 3.63) is 44.9 Å². The number of halogens is 1. The third kappa shape index (κ3) is 3.97. The zero-order valence-electron chi connectivity index (χ0n) is 8.72. The molecule has 0 saturated carbocycles. The van der Waals surface area contributed by atoms with Crippen molar-refractivity contribution < 1.29 is 9.72 Å². The van der Waals surface area contributed by atoms with Crippen LogP contribution in [0.25, 0.3) is 0 Å². The number of hydrogen-bond donors (Lipinski definition) is 2. The molecule has 1 aromatic carbocycles. The number of benzene rings is 1. The fourth-order valence-electron chi connectivity index (χ4n) is 1.09. The lowest BCUT2D eigenvalue weighted by Crippen LogP contribution is -2.08. The smallest absolute Gasteiger partial charge is 0.283 e. The molecule has 0 bridgehead atoms. The minimum Gasteiger partial charge on any atom is -0.327 e. The molecule has 1 aromatic rings. The van der Waals surface area contributed by atoms with E-state index in [1.807, 2.05) is 0 Å². The van der Waals surface area contributed by atoms with Gasteiger partial charge in [0.05, 0.1) is 9.40 Å². The Kier molecular flexibility index (Phi) is 4.80. The summed E-state index contributed by atoms with van der Waals surface area (Å²) in [5, 5.41) is 13.1. The third-order valence-corrected chi connectivity index (χ3v) is 2.45. The third-order valence-electron chi connectivity index (χ3n) is 1.82. The van der Waals surface area contributed by atoms with Gasteiger partial charge in [0, 0.05) is 24.4 Å². The minimum absolute atomic E-state index is 0.0551. The van der Waals surface area contributed by atoms with Crippen molar-refractivity contribution in [3.8, 4) is 0 Å². The maximum atomic E-state index is 11.3. The molecule has 0 aromatic heterocycles. The van der Waals surface area contributed by atoms with Crippen LogP contribution in [0.1, 0.15) is 0 Å². The van der Waals surface area contributed by atoms with Gasteiger partial charge in [-0.25, -0.2) is 0 Å². The molecule has 1 rings (SSSR count). The molecule has 0 heterocycles. The minimum atomic E-state index is -0.510. The van der Waals surface area contributed by atoms with Crippen molar-refractivity contribution >= 4 is 33.2 Å². The summed E-state index contributed by atoms with van der Waals surface area (Å²) in [5.41, 5.74) is 5.61. The summed E-state index contributed by atoms with van der Waals surface area (Å²) in [5.74, 6) is -0.337. The highest BCUT2D eigenvalue weighted by Gasteiger charge is 2.11. The number of hydrogen-bond acceptors (Lipinski definition) is 4. The van der Waals surface area contributed by atoms with Gasteiger partial charge in [-0.3, -0.25) is 14.9 Å². The maximum Gasteiger partial charge on any atom is 0.283 e. The van der Waals surface area contributed by atoms with E-state index in [-0.39, 0.29) is 18.1 Å². The van der Waals surface area contributed by atoms with Crippen molar-refractivity contribution in [2.75, 3.05) is 11.9 Å². The Hall–Kier alpha value is -1.73. The molecule has 0 aliphatic carbocycles. The summed E-state index contributed by atoms with van der Waals surface area (Å²) in [4.78, 5) is 21.3. The first-order valence-electron chi connectivity index (χ1n) is 4.66. The Morgan fingerprint density at radius 2 is 2.29 bits per heavy atom. The van der Waals surface area contributed by atoms with Crippen LogP contribution in [-0.4, -0.2) is 17.4 Å². The van der Waals surface area contributed by atoms with Crippen molar-refractivity contribution in [1.29, 1.82) is 0 Å². The van der Waals surface area contributed by atoms with E-state index < -0.39 is 4.92 Å². The summed E-state index contributed by atoms with van der Waals surface area (Å²) in [6, 6.07) is 4.23. The van der Waals surface area contributed by atoms with Gasteiger partial charge in [0.2, 0.25) is 5.91 Å². The number of carbonyl (C=O) groups is 1. The molecular formula is C10H10BrN3O3. The SMILES string of the molecule is NC/C=C/C(=O)Nc1ccc([N+](=O)[O-])c(Br)c1. The molecule has 0 spiro atoms. The summed E-state index contributed by atoms with van der Waals surface area (Å²) in [6.45, 7) is 0.275. The number of carbonyl (C=O) groups excluding carboxylic acids is 1. The van der Waals surface area contributed by atoms with Crippen molar-refractivity contribution in [3.63, 3.8) is 0 Å². The number of nitrogens with one attached hydrogen (secondary N) is 1. The molecule has 0 aliphatic rings. The first kappa shape index (κ1) is 13.3. The molecular weight excluding hydrogens is 290 g/mol. The molecule has 0 saturated heterocycles. The molecule has 3 N–H and O–H groups in total. The van der Waals surface area contributed by atoms with Crippen LogP contribution >= 0.6 is 15.9 Å². The topological polar surface area (TPSA) is 98.3 Å².